The SMILES string of the molecule is Cn1cnnc1C(O)C(C)(O)c1cccc([N+](=O)[O-])c1. The van der Waals surface area contributed by atoms with Gasteiger partial charge in [0.05, 0.1) is 4.92 Å². The largest absolute Gasteiger partial charge is 0.382 e. The van der Waals surface area contributed by atoms with Gasteiger partial charge in [-0.15, -0.1) is 10.2 Å². The quantitative estimate of drug-likeness (QED) is 0.627. The summed E-state index contributed by atoms with van der Waals surface area (Å²) in [5.74, 6) is 0.168. The molecule has 0 aliphatic rings. The van der Waals surface area contributed by atoms with E-state index in [1.165, 1.54) is 42.1 Å². The molecule has 2 atom stereocenters. The fraction of sp³-hybridized carbons (Fsp3) is 0.333. The number of hydrogen-bond acceptors (Lipinski definition) is 6. The van der Waals surface area contributed by atoms with Crippen LogP contribution in [0, 0.1) is 10.1 Å². The third-order valence-electron chi connectivity index (χ3n) is 3.16. The van der Waals surface area contributed by atoms with Crippen LogP contribution in [-0.4, -0.2) is 29.9 Å². The Bertz CT molecular complexity index is 638. The highest BCUT2D eigenvalue weighted by atomic mass is 16.6. The molecule has 0 spiro atoms. The molecule has 0 bridgehead atoms. The van der Waals surface area contributed by atoms with Crippen LogP contribution in [-0.2, 0) is 12.6 Å². The lowest BCUT2D eigenvalue weighted by Crippen LogP contribution is -2.31. The van der Waals surface area contributed by atoms with Gasteiger partial charge in [-0.3, -0.25) is 10.1 Å². The van der Waals surface area contributed by atoms with Crippen LogP contribution < -0.4 is 0 Å². The first-order valence-electron chi connectivity index (χ1n) is 5.83. The van der Waals surface area contributed by atoms with Gasteiger partial charge in [0.15, 0.2) is 5.82 Å². The van der Waals surface area contributed by atoms with E-state index in [2.05, 4.69) is 10.2 Å². The summed E-state index contributed by atoms with van der Waals surface area (Å²) in [6, 6.07) is 5.49. The van der Waals surface area contributed by atoms with Crippen LogP contribution in [0.4, 0.5) is 5.69 Å². The van der Waals surface area contributed by atoms with Crippen molar-refractivity contribution in [2.45, 2.75) is 18.6 Å². The second-order valence-electron chi connectivity index (χ2n) is 4.66. The molecule has 0 amide bonds. The molecule has 1 heterocycles. The van der Waals surface area contributed by atoms with Crippen LogP contribution in [0.3, 0.4) is 0 Å². The van der Waals surface area contributed by atoms with Crippen molar-refractivity contribution in [3.63, 3.8) is 0 Å². The average Bonchev–Trinajstić information content (AvgIpc) is 2.84. The predicted molar refractivity (Wildman–Crippen MR) is 68.6 cm³/mol. The molecule has 0 saturated carbocycles. The molecule has 8 nitrogen and oxygen atoms in total. The van der Waals surface area contributed by atoms with Gasteiger partial charge in [-0.1, -0.05) is 12.1 Å². The highest BCUT2D eigenvalue weighted by Crippen LogP contribution is 2.34. The minimum atomic E-state index is -1.73. The smallest absolute Gasteiger partial charge is 0.269 e. The molecule has 106 valence electrons. The number of aryl methyl sites for hydroxylation is 1. The van der Waals surface area contributed by atoms with Gasteiger partial charge < -0.3 is 14.8 Å². The molecule has 2 unspecified atom stereocenters. The summed E-state index contributed by atoms with van der Waals surface area (Å²) >= 11 is 0. The van der Waals surface area contributed by atoms with Crippen molar-refractivity contribution in [1.82, 2.24) is 14.8 Å². The fourth-order valence-corrected chi connectivity index (χ4v) is 1.88. The lowest BCUT2D eigenvalue weighted by molar-refractivity contribution is -0.385. The molecular formula is C12H14N4O4. The molecule has 20 heavy (non-hydrogen) atoms. The highest BCUT2D eigenvalue weighted by Gasteiger charge is 2.37. The zero-order chi connectivity index (χ0) is 14.9. The van der Waals surface area contributed by atoms with Crippen LogP contribution >= 0.6 is 0 Å². The average molecular weight is 278 g/mol. The molecule has 0 fully saturated rings. The van der Waals surface area contributed by atoms with Crippen molar-refractivity contribution in [3.05, 3.63) is 52.1 Å². The number of nitrogens with zero attached hydrogens (tertiary/aromatic N) is 4. The number of aromatic nitrogens is 3. The predicted octanol–water partition coefficient (Wildman–Crippen LogP) is 0.664. The Hall–Kier alpha value is -2.32. The van der Waals surface area contributed by atoms with Gasteiger partial charge in [0, 0.05) is 19.2 Å². The van der Waals surface area contributed by atoms with E-state index in [1.54, 1.807) is 7.05 Å². The number of nitro groups is 1. The molecule has 0 radical (unpaired) electrons. The Kier molecular flexibility index (Phi) is 3.51. The number of hydrogen-bond donors (Lipinski definition) is 2. The van der Waals surface area contributed by atoms with Crippen LogP contribution in [0.5, 0.6) is 0 Å². The molecular weight excluding hydrogens is 264 g/mol. The molecule has 2 aromatic rings. The van der Waals surface area contributed by atoms with E-state index in [4.69, 9.17) is 0 Å². The summed E-state index contributed by atoms with van der Waals surface area (Å²) in [6.07, 6.45) is 0.0271. The topological polar surface area (TPSA) is 114 Å². The van der Waals surface area contributed by atoms with Crippen molar-refractivity contribution in [1.29, 1.82) is 0 Å². The third-order valence-corrected chi connectivity index (χ3v) is 3.16. The lowest BCUT2D eigenvalue weighted by atomic mass is 9.89. The molecule has 0 saturated heterocycles. The monoisotopic (exact) mass is 278 g/mol. The number of aliphatic hydroxyl groups is 2. The van der Waals surface area contributed by atoms with Crippen molar-refractivity contribution in [2.24, 2.45) is 7.05 Å². The maximum Gasteiger partial charge on any atom is 0.269 e. The van der Waals surface area contributed by atoms with E-state index in [9.17, 15) is 20.3 Å². The Morgan fingerprint density at radius 2 is 2.20 bits per heavy atom. The molecule has 2 N–H and O–H groups in total. The summed E-state index contributed by atoms with van der Waals surface area (Å²) in [4.78, 5) is 10.2. The van der Waals surface area contributed by atoms with Gasteiger partial charge in [-0.2, -0.15) is 0 Å². The van der Waals surface area contributed by atoms with E-state index in [-0.39, 0.29) is 17.1 Å². The van der Waals surface area contributed by atoms with E-state index < -0.39 is 16.6 Å². The highest BCUT2D eigenvalue weighted by molar-refractivity contribution is 5.37. The van der Waals surface area contributed by atoms with Gasteiger partial charge in [-0.25, -0.2) is 0 Å². The van der Waals surface area contributed by atoms with Gasteiger partial charge in [0.2, 0.25) is 0 Å². The molecule has 1 aromatic carbocycles. The minimum absolute atomic E-state index is 0.159. The lowest BCUT2D eigenvalue weighted by Gasteiger charge is -2.28. The maximum atomic E-state index is 10.8. The van der Waals surface area contributed by atoms with Crippen LogP contribution in [0.2, 0.25) is 0 Å². The van der Waals surface area contributed by atoms with Gasteiger partial charge in [0.1, 0.15) is 18.0 Å². The second-order valence-corrected chi connectivity index (χ2v) is 4.66. The number of non-ortho nitro benzene ring substituents is 1. The molecule has 1 aromatic heterocycles. The molecule has 8 heteroatoms. The second kappa shape index (κ2) is 4.99. The number of rotatable bonds is 4. The van der Waals surface area contributed by atoms with Crippen LogP contribution in [0.15, 0.2) is 30.6 Å². The van der Waals surface area contributed by atoms with Crippen LogP contribution in [0.1, 0.15) is 24.4 Å². The van der Waals surface area contributed by atoms with E-state index >= 15 is 0 Å². The third kappa shape index (κ3) is 2.38. The van der Waals surface area contributed by atoms with E-state index in [0.717, 1.165) is 0 Å². The maximum absolute atomic E-state index is 10.8. The van der Waals surface area contributed by atoms with Crippen LogP contribution in [0.25, 0.3) is 0 Å². The normalized spacial score (nSPS) is 15.6. The first-order valence-corrected chi connectivity index (χ1v) is 5.83. The Morgan fingerprint density at radius 1 is 1.50 bits per heavy atom. The Labute approximate surface area is 114 Å². The van der Waals surface area contributed by atoms with Crippen molar-refractivity contribution < 1.29 is 15.1 Å². The first-order chi connectivity index (χ1) is 9.34. The summed E-state index contributed by atoms with van der Waals surface area (Å²) in [6.45, 7) is 1.37. The molecule has 0 aliphatic heterocycles. The summed E-state index contributed by atoms with van der Waals surface area (Å²) < 4.78 is 1.47. The minimum Gasteiger partial charge on any atom is -0.382 e. The van der Waals surface area contributed by atoms with Gasteiger partial charge >= 0.3 is 0 Å². The van der Waals surface area contributed by atoms with Crippen molar-refractivity contribution in [2.75, 3.05) is 0 Å². The molecule has 2 rings (SSSR count). The summed E-state index contributed by atoms with van der Waals surface area (Å²) in [5.41, 5.74) is -1.66. The number of nitro benzene ring substituents is 1. The fourth-order valence-electron chi connectivity index (χ4n) is 1.88. The Balaban J connectivity index is 2.41. The van der Waals surface area contributed by atoms with Crippen molar-refractivity contribution >= 4 is 5.69 Å². The van der Waals surface area contributed by atoms with Gasteiger partial charge in [0.25, 0.3) is 5.69 Å². The standard InChI is InChI=1S/C12H14N4O4/c1-12(18,10(17)11-14-13-7-15(11)2)8-4-3-5-9(6-8)16(19)20/h3-7,10,17-18H,1-2H3. The summed E-state index contributed by atoms with van der Waals surface area (Å²) in [5, 5.41) is 38.9. The van der Waals surface area contributed by atoms with E-state index in [1.807, 2.05) is 0 Å². The zero-order valence-corrected chi connectivity index (χ0v) is 11.0. The summed E-state index contributed by atoms with van der Waals surface area (Å²) in [7, 11) is 1.63. The van der Waals surface area contributed by atoms with E-state index in [0.29, 0.717) is 0 Å². The van der Waals surface area contributed by atoms with Gasteiger partial charge in [-0.05, 0) is 12.5 Å². The zero-order valence-electron chi connectivity index (χ0n) is 11.0. The number of benzene rings is 1. The Morgan fingerprint density at radius 3 is 2.75 bits per heavy atom. The number of aliphatic hydroxyl groups excluding tert-OH is 1. The first kappa shape index (κ1) is 14.1. The van der Waals surface area contributed by atoms with Crippen molar-refractivity contribution in [3.8, 4) is 0 Å². The molecule has 0 aliphatic carbocycles.